The van der Waals surface area contributed by atoms with Crippen molar-refractivity contribution in [2.75, 3.05) is 13.1 Å². The van der Waals surface area contributed by atoms with Gasteiger partial charge in [0.1, 0.15) is 0 Å². The molecule has 0 radical (unpaired) electrons. The Balaban J connectivity index is 3.28. The van der Waals surface area contributed by atoms with Gasteiger partial charge in [-0.1, -0.05) is 25.4 Å². The molecule has 1 aromatic carbocycles. The molecule has 1 rings (SSSR count). The largest absolute Gasteiger partial charge is 0.347 e. The maximum absolute atomic E-state index is 12.5. The van der Waals surface area contributed by atoms with E-state index in [9.17, 15) is 13.2 Å². The molecule has 0 aliphatic heterocycles. The molecule has 0 atom stereocenters. The van der Waals surface area contributed by atoms with Crippen molar-refractivity contribution in [1.29, 1.82) is 0 Å². The predicted molar refractivity (Wildman–Crippen MR) is 88.8 cm³/mol. The highest BCUT2D eigenvalue weighted by Gasteiger charge is 2.24. The molecule has 0 aliphatic carbocycles. The zero-order valence-electron chi connectivity index (χ0n) is 13.6. The molecule has 0 saturated carbocycles. The van der Waals surface area contributed by atoms with E-state index < -0.39 is 21.5 Å². The molecule has 0 aromatic heterocycles. The van der Waals surface area contributed by atoms with E-state index in [0.29, 0.717) is 13.1 Å². The first-order chi connectivity index (χ1) is 10.0. The van der Waals surface area contributed by atoms with E-state index in [1.54, 1.807) is 13.8 Å². The molecule has 22 heavy (non-hydrogen) atoms. The summed E-state index contributed by atoms with van der Waals surface area (Å²) >= 11 is 6.05. The lowest BCUT2D eigenvalue weighted by atomic mass is 10.1. The lowest BCUT2D eigenvalue weighted by Gasteiger charge is -2.22. The van der Waals surface area contributed by atoms with E-state index in [1.165, 1.54) is 22.5 Å². The zero-order chi connectivity index (χ0) is 17.1. The molecule has 1 amide bonds. The minimum absolute atomic E-state index is 0.0691. The van der Waals surface area contributed by atoms with Crippen molar-refractivity contribution in [3.05, 3.63) is 28.8 Å². The van der Waals surface area contributed by atoms with Crippen LogP contribution in [-0.2, 0) is 10.0 Å². The van der Waals surface area contributed by atoms with Crippen LogP contribution in [0.15, 0.2) is 23.1 Å². The lowest BCUT2D eigenvalue weighted by Crippen LogP contribution is -2.40. The molecule has 1 N–H and O–H groups in total. The van der Waals surface area contributed by atoms with Crippen molar-refractivity contribution in [2.45, 2.75) is 45.1 Å². The topological polar surface area (TPSA) is 66.5 Å². The molecule has 0 fully saturated rings. The first kappa shape index (κ1) is 18.9. The third kappa shape index (κ3) is 4.44. The summed E-state index contributed by atoms with van der Waals surface area (Å²) in [6.07, 6.45) is 0. The lowest BCUT2D eigenvalue weighted by molar-refractivity contribution is 0.0919. The molecule has 124 valence electrons. The van der Waals surface area contributed by atoms with Gasteiger partial charge in [-0.25, -0.2) is 8.42 Å². The fraction of sp³-hybridized carbons (Fsp3) is 0.533. The molecule has 0 bridgehead atoms. The number of rotatable bonds is 5. The SMILES string of the molecule is CCN(CC)S(=O)(=O)c1ccc(Cl)c(C(=O)NC(C)(C)C)c1. The minimum atomic E-state index is -3.62. The first-order valence-corrected chi connectivity index (χ1v) is 8.97. The summed E-state index contributed by atoms with van der Waals surface area (Å²) in [5.74, 6) is -0.394. The van der Waals surface area contributed by atoms with Crippen LogP contribution in [0.4, 0.5) is 0 Å². The Morgan fingerprint density at radius 2 is 1.77 bits per heavy atom. The Morgan fingerprint density at radius 3 is 2.23 bits per heavy atom. The minimum Gasteiger partial charge on any atom is -0.347 e. The van der Waals surface area contributed by atoms with Gasteiger partial charge in [-0.15, -0.1) is 0 Å². The van der Waals surface area contributed by atoms with Gasteiger partial charge in [0.15, 0.2) is 0 Å². The van der Waals surface area contributed by atoms with E-state index in [1.807, 2.05) is 20.8 Å². The van der Waals surface area contributed by atoms with Crippen LogP contribution in [0.25, 0.3) is 0 Å². The fourth-order valence-corrected chi connectivity index (χ4v) is 3.65. The Labute approximate surface area is 137 Å². The number of sulfonamides is 1. The number of halogens is 1. The molecule has 7 heteroatoms. The molecule has 5 nitrogen and oxygen atoms in total. The van der Waals surface area contributed by atoms with Gasteiger partial charge in [-0.05, 0) is 39.0 Å². The Bertz CT molecular complexity index is 647. The molecule has 0 saturated heterocycles. The van der Waals surface area contributed by atoms with Gasteiger partial charge >= 0.3 is 0 Å². The second-order valence-electron chi connectivity index (χ2n) is 5.94. The molecule has 0 spiro atoms. The van der Waals surface area contributed by atoms with Gasteiger partial charge in [0, 0.05) is 18.6 Å². The van der Waals surface area contributed by atoms with Crippen molar-refractivity contribution >= 4 is 27.5 Å². The van der Waals surface area contributed by atoms with Crippen molar-refractivity contribution in [3.63, 3.8) is 0 Å². The molecular formula is C15H23ClN2O3S. The van der Waals surface area contributed by atoms with Crippen LogP contribution in [0.1, 0.15) is 45.0 Å². The van der Waals surface area contributed by atoms with Crippen LogP contribution in [0.5, 0.6) is 0 Å². The van der Waals surface area contributed by atoms with Crippen LogP contribution in [-0.4, -0.2) is 37.3 Å². The van der Waals surface area contributed by atoms with Crippen molar-refractivity contribution in [2.24, 2.45) is 0 Å². The number of amides is 1. The number of hydrogen-bond acceptors (Lipinski definition) is 3. The predicted octanol–water partition coefficient (Wildman–Crippen LogP) is 2.90. The number of nitrogens with zero attached hydrogens (tertiary/aromatic N) is 1. The average Bonchev–Trinajstić information content (AvgIpc) is 2.37. The smallest absolute Gasteiger partial charge is 0.253 e. The van der Waals surface area contributed by atoms with E-state index >= 15 is 0 Å². The summed E-state index contributed by atoms with van der Waals surface area (Å²) in [6, 6.07) is 4.19. The summed E-state index contributed by atoms with van der Waals surface area (Å²) in [6.45, 7) is 9.80. The molecule has 1 aromatic rings. The summed E-state index contributed by atoms with van der Waals surface area (Å²) < 4.78 is 26.4. The van der Waals surface area contributed by atoms with Gasteiger partial charge in [0.2, 0.25) is 10.0 Å². The van der Waals surface area contributed by atoms with E-state index in [0.717, 1.165) is 0 Å². The second kappa shape index (κ2) is 6.98. The highest BCUT2D eigenvalue weighted by Crippen LogP contribution is 2.23. The summed E-state index contributed by atoms with van der Waals surface area (Å²) in [5, 5.41) is 3.00. The Hall–Kier alpha value is -1.11. The number of carbonyl (C=O) groups excluding carboxylic acids is 1. The number of hydrogen-bond donors (Lipinski definition) is 1. The maximum atomic E-state index is 12.5. The first-order valence-electron chi connectivity index (χ1n) is 7.15. The van der Waals surface area contributed by atoms with Gasteiger partial charge in [-0.2, -0.15) is 4.31 Å². The van der Waals surface area contributed by atoms with Crippen molar-refractivity contribution < 1.29 is 13.2 Å². The van der Waals surface area contributed by atoms with Crippen LogP contribution in [0, 0.1) is 0 Å². The highest BCUT2D eigenvalue weighted by atomic mass is 35.5. The van der Waals surface area contributed by atoms with E-state index in [2.05, 4.69) is 5.32 Å². The number of benzene rings is 1. The maximum Gasteiger partial charge on any atom is 0.253 e. The van der Waals surface area contributed by atoms with Crippen LogP contribution >= 0.6 is 11.6 Å². The third-order valence-corrected chi connectivity index (χ3v) is 5.39. The van der Waals surface area contributed by atoms with Gasteiger partial charge in [0.25, 0.3) is 5.91 Å². The van der Waals surface area contributed by atoms with Crippen LogP contribution in [0.2, 0.25) is 5.02 Å². The summed E-state index contributed by atoms with van der Waals surface area (Å²) in [5.41, 5.74) is -0.279. The summed E-state index contributed by atoms with van der Waals surface area (Å²) in [4.78, 5) is 12.3. The normalized spacial score (nSPS) is 12.5. The highest BCUT2D eigenvalue weighted by molar-refractivity contribution is 7.89. The number of carbonyl (C=O) groups is 1. The van der Waals surface area contributed by atoms with Crippen LogP contribution in [0.3, 0.4) is 0 Å². The third-order valence-electron chi connectivity index (χ3n) is 3.01. The Morgan fingerprint density at radius 1 is 1.23 bits per heavy atom. The molecule has 0 unspecified atom stereocenters. The van der Waals surface area contributed by atoms with E-state index in [4.69, 9.17) is 11.6 Å². The van der Waals surface area contributed by atoms with Crippen molar-refractivity contribution in [1.82, 2.24) is 9.62 Å². The number of nitrogens with one attached hydrogen (secondary N) is 1. The van der Waals surface area contributed by atoms with Gasteiger partial charge in [-0.3, -0.25) is 4.79 Å². The van der Waals surface area contributed by atoms with Crippen LogP contribution < -0.4 is 5.32 Å². The Kier molecular flexibility index (Phi) is 6.01. The molecule has 0 aliphatic rings. The van der Waals surface area contributed by atoms with Crippen molar-refractivity contribution in [3.8, 4) is 0 Å². The zero-order valence-corrected chi connectivity index (χ0v) is 15.2. The second-order valence-corrected chi connectivity index (χ2v) is 8.28. The average molecular weight is 347 g/mol. The van der Waals surface area contributed by atoms with Gasteiger partial charge in [0.05, 0.1) is 15.5 Å². The standard InChI is InChI=1S/C15H23ClN2O3S/c1-6-18(7-2)22(20,21)11-8-9-13(16)12(10-11)14(19)17-15(3,4)5/h8-10H,6-7H2,1-5H3,(H,17,19). The summed E-state index contributed by atoms with van der Waals surface area (Å²) in [7, 11) is -3.62. The molecular weight excluding hydrogens is 324 g/mol. The monoisotopic (exact) mass is 346 g/mol. The quantitative estimate of drug-likeness (QED) is 0.891. The fourth-order valence-electron chi connectivity index (χ4n) is 1.96. The van der Waals surface area contributed by atoms with E-state index in [-0.39, 0.29) is 15.5 Å². The molecule has 0 heterocycles. The van der Waals surface area contributed by atoms with Gasteiger partial charge < -0.3 is 5.32 Å².